The van der Waals surface area contributed by atoms with Gasteiger partial charge in [0.15, 0.2) is 17.2 Å². The van der Waals surface area contributed by atoms with E-state index in [1.54, 1.807) is 0 Å². The van der Waals surface area contributed by atoms with Gasteiger partial charge in [0.2, 0.25) is 0 Å². The van der Waals surface area contributed by atoms with Crippen LogP contribution in [0.3, 0.4) is 0 Å². The Morgan fingerprint density at radius 2 is 1.56 bits per heavy atom. The van der Waals surface area contributed by atoms with Crippen molar-refractivity contribution in [1.29, 1.82) is 0 Å². The molecule has 0 saturated heterocycles. The first-order chi connectivity index (χ1) is 19.0. The molecule has 2 aliphatic rings. The first-order valence-corrected chi connectivity index (χ1v) is 12.9. The van der Waals surface area contributed by atoms with E-state index < -0.39 is 11.7 Å². The second kappa shape index (κ2) is 10.6. The van der Waals surface area contributed by atoms with Gasteiger partial charge in [0.1, 0.15) is 11.5 Å². The fourth-order valence-electron chi connectivity index (χ4n) is 4.68. The fourth-order valence-corrected chi connectivity index (χ4v) is 4.68. The van der Waals surface area contributed by atoms with Gasteiger partial charge in [-0.25, -0.2) is 18.9 Å². The number of nitrogens with one attached hydrogen (secondary N) is 4. The van der Waals surface area contributed by atoms with Crippen molar-refractivity contribution in [3.63, 3.8) is 0 Å². The third-order valence-corrected chi connectivity index (χ3v) is 6.87. The summed E-state index contributed by atoms with van der Waals surface area (Å²) in [5, 5.41) is 17.2. The van der Waals surface area contributed by atoms with Crippen molar-refractivity contribution >= 4 is 34.7 Å². The van der Waals surface area contributed by atoms with E-state index in [1.165, 1.54) is 41.6 Å². The third kappa shape index (κ3) is 5.61. The molecule has 0 unspecified atom stereocenters. The van der Waals surface area contributed by atoms with Gasteiger partial charge in [0.05, 0.1) is 30.0 Å². The molecule has 2 aliphatic carbocycles. The Hall–Kier alpha value is -4.68. The summed E-state index contributed by atoms with van der Waals surface area (Å²) in [7, 11) is 0. The molecule has 4 aromatic rings. The molecular weight excluding hydrogens is 503 g/mol. The first kappa shape index (κ1) is 24.6. The van der Waals surface area contributed by atoms with Gasteiger partial charge in [-0.3, -0.25) is 19.6 Å². The van der Waals surface area contributed by atoms with E-state index in [-0.39, 0.29) is 29.4 Å². The summed E-state index contributed by atoms with van der Waals surface area (Å²) in [6.07, 6.45) is 13.8. The molecule has 39 heavy (non-hydrogen) atoms. The van der Waals surface area contributed by atoms with E-state index in [4.69, 9.17) is 0 Å². The van der Waals surface area contributed by atoms with Crippen LogP contribution in [0.5, 0.6) is 0 Å². The zero-order valence-corrected chi connectivity index (χ0v) is 21.0. The van der Waals surface area contributed by atoms with Gasteiger partial charge in [0.25, 0.3) is 11.8 Å². The first-order valence-electron chi connectivity index (χ1n) is 12.9. The highest BCUT2D eigenvalue weighted by Gasteiger charge is 2.26. The number of amides is 2. The number of anilines is 3. The second-order valence-electron chi connectivity index (χ2n) is 9.81. The fraction of sp³-hybridized carbons (Fsp3) is 0.346. The lowest BCUT2D eigenvalue weighted by Crippen LogP contribution is -2.40. The summed E-state index contributed by atoms with van der Waals surface area (Å²) in [6, 6.07) is 3.85. The number of fused-ring (bicyclic) bond motifs is 1. The number of hydrogen-bond acceptors (Lipinski definition) is 9. The number of rotatable bonds is 8. The van der Waals surface area contributed by atoms with E-state index in [1.807, 2.05) is 6.07 Å². The van der Waals surface area contributed by atoms with Gasteiger partial charge in [-0.2, -0.15) is 0 Å². The maximum Gasteiger partial charge on any atom is 0.276 e. The maximum atomic E-state index is 14.1. The predicted octanol–water partition coefficient (Wildman–Crippen LogP) is 3.03. The summed E-state index contributed by atoms with van der Waals surface area (Å²) in [5.74, 6) is -0.789. The topological polar surface area (TPSA) is 151 Å². The van der Waals surface area contributed by atoms with E-state index in [0.717, 1.165) is 50.4 Å². The quantitative estimate of drug-likeness (QED) is 0.269. The number of pyridine rings is 1. The number of imidazole rings is 1. The molecule has 0 aliphatic heterocycles. The maximum absolute atomic E-state index is 14.1. The van der Waals surface area contributed by atoms with Crippen LogP contribution in [-0.2, 0) is 0 Å². The Kier molecular flexibility index (Phi) is 6.69. The lowest BCUT2D eigenvalue weighted by molar-refractivity contribution is 0.0920. The van der Waals surface area contributed by atoms with Crippen LogP contribution >= 0.6 is 0 Å². The monoisotopic (exact) mass is 530 g/mol. The van der Waals surface area contributed by atoms with Crippen LogP contribution in [0, 0.1) is 5.82 Å². The molecule has 0 bridgehead atoms. The van der Waals surface area contributed by atoms with Crippen molar-refractivity contribution in [2.24, 2.45) is 0 Å². The van der Waals surface area contributed by atoms with Crippen molar-refractivity contribution in [3.05, 3.63) is 66.5 Å². The van der Waals surface area contributed by atoms with E-state index in [0.29, 0.717) is 23.2 Å². The third-order valence-electron chi connectivity index (χ3n) is 6.87. The minimum absolute atomic E-state index is 0.0266. The number of nitrogens with zero attached hydrogens (tertiary/aromatic N) is 6. The van der Waals surface area contributed by atoms with Crippen LogP contribution in [0.1, 0.15) is 59.5 Å². The molecule has 0 radical (unpaired) electrons. The van der Waals surface area contributed by atoms with Crippen molar-refractivity contribution in [2.45, 2.75) is 56.7 Å². The van der Waals surface area contributed by atoms with Crippen LogP contribution in [-0.4, -0.2) is 59.5 Å². The summed E-state index contributed by atoms with van der Waals surface area (Å²) >= 11 is 0. The van der Waals surface area contributed by atoms with Gasteiger partial charge < -0.3 is 21.3 Å². The molecule has 2 amide bonds. The highest BCUT2D eigenvalue weighted by atomic mass is 19.1. The molecule has 12 nitrogen and oxygen atoms in total. The Morgan fingerprint density at radius 3 is 2.31 bits per heavy atom. The smallest absolute Gasteiger partial charge is 0.276 e. The van der Waals surface area contributed by atoms with Crippen molar-refractivity contribution in [3.8, 4) is 0 Å². The number of aromatic nitrogens is 6. The standard InChI is InChI=1S/C26H27FN10O2/c27-18-12-28-8-7-19(18)35-26(39)22-14-31-24-20(32-15-1-2-15)11-23(36-37(22)24)33-16-3-5-17(6-4-16)34-25(38)21-13-29-9-10-30-21/h7-17,32H,1-6H2,(H,33,36)(H,34,38)(H,28,35,39)/t16-,17-. The summed E-state index contributed by atoms with van der Waals surface area (Å²) in [5.41, 5.74) is 1.80. The predicted molar refractivity (Wildman–Crippen MR) is 141 cm³/mol. The van der Waals surface area contributed by atoms with Gasteiger partial charge in [-0.15, -0.1) is 5.10 Å². The summed E-state index contributed by atoms with van der Waals surface area (Å²) < 4.78 is 15.5. The molecule has 4 N–H and O–H groups in total. The van der Waals surface area contributed by atoms with E-state index >= 15 is 0 Å². The molecule has 0 aromatic carbocycles. The number of hydrogen-bond donors (Lipinski definition) is 4. The largest absolute Gasteiger partial charge is 0.379 e. The number of carbonyl (C=O) groups is 2. The normalized spacial score (nSPS) is 18.9. The molecule has 13 heteroatoms. The molecular formula is C26H27FN10O2. The van der Waals surface area contributed by atoms with Crippen LogP contribution in [0.2, 0.25) is 0 Å². The van der Waals surface area contributed by atoms with E-state index in [9.17, 15) is 14.0 Å². The highest BCUT2D eigenvalue weighted by Crippen LogP contribution is 2.30. The van der Waals surface area contributed by atoms with Gasteiger partial charge in [-0.05, 0) is 44.6 Å². The number of halogens is 1. The second-order valence-corrected chi connectivity index (χ2v) is 9.81. The average molecular weight is 531 g/mol. The van der Waals surface area contributed by atoms with Crippen LogP contribution in [0.15, 0.2) is 49.3 Å². The SMILES string of the molecule is O=C(N[C@H]1CC[C@H](Nc2cc(NC3CC3)c3ncc(C(=O)Nc4ccncc4F)n3n2)CC1)c1cnccn1. The molecule has 2 fully saturated rings. The van der Waals surface area contributed by atoms with E-state index in [2.05, 4.69) is 46.3 Å². The summed E-state index contributed by atoms with van der Waals surface area (Å²) in [6.45, 7) is 0. The molecule has 0 spiro atoms. The highest BCUT2D eigenvalue weighted by molar-refractivity contribution is 6.03. The van der Waals surface area contributed by atoms with Crippen LogP contribution < -0.4 is 21.3 Å². The molecule has 4 aromatic heterocycles. The zero-order valence-electron chi connectivity index (χ0n) is 21.0. The molecule has 6 rings (SSSR count). The van der Waals surface area contributed by atoms with Crippen LogP contribution in [0.4, 0.5) is 21.6 Å². The number of carbonyl (C=O) groups excluding carboxylic acids is 2. The Labute approximate surface area is 222 Å². The minimum atomic E-state index is -0.630. The Bertz CT molecular complexity index is 1500. The summed E-state index contributed by atoms with van der Waals surface area (Å²) in [4.78, 5) is 41.6. The zero-order chi connectivity index (χ0) is 26.8. The molecule has 200 valence electrons. The average Bonchev–Trinajstić information content (AvgIpc) is 3.66. The van der Waals surface area contributed by atoms with Gasteiger partial charge in [-0.1, -0.05) is 0 Å². The van der Waals surface area contributed by atoms with Crippen molar-refractivity contribution in [2.75, 3.05) is 16.0 Å². The molecule has 4 heterocycles. The van der Waals surface area contributed by atoms with Crippen molar-refractivity contribution < 1.29 is 14.0 Å². The minimum Gasteiger partial charge on any atom is -0.379 e. The Balaban J connectivity index is 1.16. The van der Waals surface area contributed by atoms with Gasteiger partial charge >= 0.3 is 0 Å². The molecule has 0 atom stereocenters. The lowest BCUT2D eigenvalue weighted by atomic mass is 9.91. The van der Waals surface area contributed by atoms with Crippen LogP contribution in [0.25, 0.3) is 5.65 Å². The molecule has 2 saturated carbocycles. The van der Waals surface area contributed by atoms with Crippen molar-refractivity contribution in [1.82, 2.24) is 34.9 Å². The van der Waals surface area contributed by atoms with Gasteiger partial charge in [0, 0.05) is 42.8 Å². The Morgan fingerprint density at radius 1 is 0.821 bits per heavy atom. The lowest BCUT2D eigenvalue weighted by Gasteiger charge is -2.30.